The number of hydrogen-bond donors (Lipinski definition) is 3. The average molecular weight is 251 g/mol. The second-order valence-corrected chi connectivity index (χ2v) is 5.01. The van der Waals surface area contributed by atoms with Gasteiger partial charge in [-0.25, -0.2) is 0 Å². The Hall–Kier alpha value is -1.10. The van der Waals surface area contributed by atoms with Crippen LogP contribution in [-0.4, -0.2) is 36.6 Å². The summed E-state index contributed by atoms with van der Waals surface area (Å²) in [5.74, 6) is 0.323. The van der Waals surface area contributed by atoms with Gasteiger partial charge in [-0.15, -0.1) is 0 Å². The molecule has 0 saturated carbocycles. The molecule has 0 aliphatic carbocycles. The largest absolute Gasteiger partial charge is 0.508 e. The second-order valence-electron chi connectivity index (χ2n) is 5.01. The molecule has 4 nitrogen and oxygen atoms in total. The summed E-state index contributed by atoms with van der Waals surface area (Å²) in [6.45, 7) is 3.13. The van der Waals surface area contributed by atoms with Gasteiger partial charge in [-0.2, -0.15) is 0 Å². The van der Waals surface area contributed by atoms with Crippen molar-refractivity contribution < 1.29 is 14.9 Å². The molecular formula is C14H21NO3. The first kappa shape index (κ1) is 13.3. The van der Waals surface area contributed by atoms with Crippen LogP contribution in [-0.2, 0) is 11.3 Å². The molecule has 18 heavy (non-hydrogen) atoms. The van der Waals surface area contributed by atoms with Crippen LogP contribution in [0.4, 0.5) is 0 Å². The Kier molecular flexibility index (Phi) is 4.58. The summed E-state index contributed by atoms with van der Waals surface area (Å²) in [7, 11) is 0. The van der Waals surface area contributed by atoms with Crippen molar-refractivity contribution in [3.63, 3.8) is 0 Å². The molecule has 0 bridgehead atoms. The fourth-order valence-electron chi connectivity index (χ4n) is 2.43. The molecule has 0 spiro atoms. The molecule has 1 saturated heterocycles. The molecule has 3 N–H and O–H groups in total. The van der Waals surface area contributed by atoms with E-state index < -0.39 is 0 Å². The van der Waals surface area contributed by atoms with Gasteiger partial charge in [-0.05, 0) is 18.9 Å². The number of benzene rings is 1. The number of phenols is 1. The minimum Gasteiger partial charge on any atom is -0.508 e. The molecule has 100 valence electrons. The molecule has 0 amide bonds. The second kappa shape index (κ2) is 6.18. The van der Waals surface area contributed by atoms with Gasteiger partial charge in [0.1, 0.15) is 5.75 Å². The molecule has 0 radical (unpaired) electrons. The van der Waals surface area contributed by atoms with E-state index in [4.69, 9.17) is 9.84 Å². The minimum absolute atomic E-state index is 0.0547. The standard InChI is InChI=1S/C14H21NO3/c16-7-5-14(6-8-18-11-14)10-15-9-12-3-1-2-4-13(12)17/h1-4,15-17H,5-11H2. The van der Waals surface area contributed by atoms with Gasteiger partial charge < -0.3 is 20.3 Å². The van der Waals surface area contributed by atoms with Crippen LogP contribution in [0.2, 0.25) is 0 Å². The minimum atomic E-state index is 0.0547. The van der Waals surface area contributed by atoms with Gasteiger partial charge in [0.2, 0.25) is 0 Å². The zero-order valence-corrected chi connectivity index (χ0v) is 10.6. The summed E-state index contributed by atoms with van der Waals surface area (Å²) < 4.78 is 5.44. The number of rotatable bonds is 6. The van der Waals surface area contributed by atoms with Crippen LogP contribution in [0.25, 0.3) is 0 Å². The Morgan fingerprint density at radius 3 is 2.83 bits per heavy atom. The van der Waals surface area contributed by atoms with E-state index in [-0.39, 0.29) is 12.0 Å². The first-order valence-corrected chi connectivity index (χ1v) is 6.42. The normalized spacial score (nSPS) is 23.4. The monoisotopic (exact) mass is 251 g/mol. The molecular weight excluding hydrogens is 230 g/mol. The number of aliphatic hydroxyl groups excluding tert-OH is 1. The predicted molar refractivity (Wildman–Crippen MR) is 69.4 cm³/mol. The lowest BCUT2D eigenvalue weighted by Gasteiger charge is -2.27. The van der Waals surface area contributed by atoms with Crippen LogP contribution < -0.4 is 5.32 Å². The molecule has 2 rings (SSSR count). The number of para-hydroxylation sites is 1. The highest BCUT2D eigenvalue weighted by atomic mass is 16.5. The zero-order chi connectivity index (χ0) is 12.8. The number of ether oxygens (including phenoxy) is 1. The molecule has 1 atom stereocenters. The molecule has 0 aromatic heterocycles. The van der Waals surface area contributed by atoms with Crippen LogP contribution in [0.5, 0.6) is 5.75 Å². The van der Waals surface area contributed by atoms with Crippen molar-refractivity contribution in [2.75, 3.05) is 26.4 Å². The van der Waals surface area contributed by atoms with E-state index >= 15 is 0 Å². The molecule has 1 aliphatic rings. The first-order valence-electron chi connectivity index (χ1n) is 6.42. The third-order valence-electron chi connectivity index (χ3n) is 3.63. The van der Waals surface area contributed by atoms with E-state index in [2.05, 4.69) is 5.32 Å². The highest BCUT2D eigenvalue weighted by Gasteiger charge is 2.33. The van der Waals surface area contributed by atoms with Crippen LogP contribution >= 0.6 is 0 Å². The molecule has 1 fully saturated rings. The molecule has 4 heteroatoms. The van der Waals surface area contributed by atoms with Gasteiger partial charge in [-0.3, -0.25) is 0 Å². The third kappa shape index (κ3) is 3.22. The molecule has 1 aromatic carbocycles. The predicted octanol–water partition coefficient (Wildman–Crippen LogP) is 1.27. The van der Waals surface area contributed by atoms with Gasteiger partial charge in [0.05, 0.1) is 6.61 Å². The number of hydrogen-bond acceptors (Lipinski definition) is 4. The van der Waals surface area contributed by atoms with Crippen LogP contribution in [0.3, 0.4) is 0 Å². The van der Waals surface area contributed by atoms with Crippen LogP contribution in [0.15, 0.2) is 24.3 Å². The lowest BCUT2D eigenvalue weighted by molar-refractivity contribution is 0.124. The van der Waals surface area contributed by atoms with E-state index in [0.29, 0.717) is 18.9 Å². The summed E-state index contributed by atoms with van der Waals surface area (Å²) in [5, 5.41) is 22.2. The first-order chi connectivity index (χ1) is 8.76. The highest BCUT2D eigenvalue weighted by Crippen LogP contribution is 2.31. The molecule has 1 aliphatic heterocycles. The van der Waals surface area contributed by atoms with Gasteiger partial charge in [0.25, 0.3) is 0 Å². The fourth-order valence-corrected chi connectivity index (χ4v) is 2.43. The van der Waals surface area contributed by atoms with Crippen molar-refractivity contribution in [3.05, 3.63) is 29.8 Å². The number of aromatic hydroxyl groups is 1. The quantitative estimate of drug-likeness (QED) is 0.712. The van der Waals surface area contributed by atoms with Crippen LogP contribution in [0, 0.1) is 5.41 Å². The van der Waals surface area contributed by atoms with Crippen molar-refractivity contribution in [2.24, 2.45) is 5.41 Å². The number of phenolic OH excluding ortho intramolecular Hbond substituents is 1. The van der Waals surface area contributed by atoms with E-state index in [1.807, 2.05) is 18.2 Å². The summed E-state index contributed by atoms with van der Waals surface area (Å²) in [6, 6.07) is 7.33. The van der Waals surface area contributed by atoms with Crippen molar-refractivity contribution in [3.8, 4) is 5.75 Å². The van der Waals surface area contributed by atoms with Gasteiger partial charge in [-0.1, -0.05) is 18.2 Å². The molecule has 1 aromatic rings. The Labute approximate surface area is 108 Å². The van der Waals surface area contributed by atoms with Gasteiger partial charge in [0, 0.05) is 37.3 Å². The van der Waals surface area contributed by atoms with Crippen molar-refractivity contribution >= 4 is 0 Å². The molecule has 1 unspecified atom stereocenters. The average Bonchev–Trinajstić information content (AvgIpc) is 2.81. The van der Waals surface area contributed by atoms with Crippen LogP contribution in [0.1, 0.15) is 18.4 Å². The summed E-state index contributed by atoms with van der Waals surface area (Å²) in [6.07, 6.45) is 1.75. The Morgan fingerprint density at radius 2 is 2.17 bits per heavy atom. The number of aliphatic hydroxyl groups is 1. The Balaban J connectivity index is 1.85. The Bertz CT molecular complexity index is 375. The highest BCUT2D eigenvalue weighted by molar-refractivity contribution is 5.31. The Morgan fingerprint density at radius 1 is 1.33 bits per heavy atom. The van der Waals surface area contributed by atoms with Gasteiger partial charge in [0.15, 0.2) is 0 Å². The van der Waals surface area contributed by atoms with E-state index in [0.717, 1.165) is 31.6 Å². The summed E-state index contributed by atoms with van der Waals surface area (Å²) >= 11 is 0. The summed E-state index contributed by atoms with van der Waals surface area (Å²) in [5.41, 5.74) is 0.953. The lowest BCUT2D eigenvalue weighted by atomic mass is 9.84. The topological polar surface area (TPSA) is 61.7 Å². The molecule has 1 heterocycles. The maximum atomic E-state index is 9.67. The zero-order valence-electron chi connectivity index (χ0n) is 10.6. The van der Waals surface area contributed by atoms with Crippen molar-refractivity contribution in [1.29, 1.82) is 0 Å². The van der Waals surface area contributed by atoms with E-state index in [1.54, 1.807) is 6.07 Å². The maximum absolute atomic E-state index is 9.67. The van der Waals surface area contributed by atoms with Crippen molar-refractivity contribution in [2.45, 2.75) is 19.4 Å². The fraction of sp³-hybridized carbons (Fsp3) is 0.571. The smallest absolute Gasteiger partial charge is 0.120 e. The van der Waals surface area contributed by atoms with Crippen molar-refractivity contribution in [1.82, 2.24) is 5.32 Å². The third-order valence-corrected chi connectivity index (χ3v) is 3.63. The van der Waals surface area contributed by atoms with E-state index in [1.165, 1.54) is 0 Å². The van der Waals surface area contributed by atoms with Gasteiger partial charge >= 0.3 is 0 Å². The lowest BCUT2D eigenvalue weighted by Crippen LogP contribution is -2.35. The number of nitrogens with one attached hydrogen (secondary N) is 1. The van der Waals surface area contributed by atoms with E-state index in [9.17, 15) is 5.11 Å². The summed E-state index contributed by atoms with van der Waals surface area (Å²) in [4.78, 5) is 0. The maximum Gasteiger partial charge on any atom is 0.120 e. The SMILES string of the molecule is OCCC1(CNCc2ccccc2O)CCOC1.